The molecule has 0 aliphatic rings. The number of sulfonamides is 1. The van der Waals surface area contributed by atoms with Crippen molar-refractivity contribution in [3.8, 4) is 0 Å². The summed E-state index contributed by atoms with van der Waals surface area (Å²) in [7, 11) is -3.47. The normalized spacial score (nSPS) is 12.3. The lowest BCUT2D eigenvalue weighted by atomic mass is 10.1. The lowest BCUT2D eigenvalue weighted by Gasteiger charge is -2.23. The number of benzene rings is 3. The van der Waals surface area contributed by atoms with Crippen LogP contribution in [-0.2, 0) is 16.6 Å². The fraction of sp³-hybridized carbons (Fsp3) is 0.269. The molecule has 0 radical (unpaired) electrons. The van der Waals surface area contributed by atoms with Crippen LogP contribution in [0.3, 0.4) is 0 Å². The summed E-state index contributed by atoms with van der Waals surface area (Å²) in [5.41, 5.74) is 6.32. The minimum atomic E-state index is -3.47. The maximum absolute atomic E-state index is 12.7. The maximum Gasteiger partial charge on any atom is 0.251 e. The number of hydrogen-bond donors (Lipinski definition) is 1. The first-order valence-electron chi connectivity index (χ1n) is 10.6. The lowest BCUT2D eigenvalue weighted by molar-refractivity contribution is 0.0940. The van der Waals surface area contributed by atoms with E-state index < -0.39 is 10.0 Å². The summed E-state index contributed by atoms with van der Waals surface area (Å²) >= 11 is 0. The maximum atomic E-state index is 12.7. The third kappa shape index (κ3) is 5.77. The predicted molar refractivity (Wildman–Crippen MR) is 130 cm³/mol. The van der Waals surface area contributed by atoms with E-state index in [9.17, 15) is 13.2 Å². The smallest absolute Gasteiger partial charge is 0.251 e. The summed E-state index contributed by atoms with van der Waals surface area (Å²) in [5, 5.41) is 3.01. The van der Waals surface area contributed by atoms with Crippen molar-refractivity contribution in [2.75, 3.05) is 10.6 Å². The first-order chi connectivity index (χ1) is 15.0. The Morgan fingerprint density at radius 1 is 0.906 bits per heavy atom. The van der Waals surface area contributed by atoms with Crippen LogP contribution in [-0.4, -0.2) is 20.6 Å². The fourth-order valence-electron chi connectivity index (χ4n) is 3.43. The van der Waals surface area contributed by atoms with Crippen molar-refractivity contribution < 1.29 is 13.2 Å². The van der Waals surface area contributed by atoms with E-state index in [1.54, 1.807) is 24.3 Å². The van der Waals surface area contributed by atoms with Crippen molar-refractivity contribution in [2.45, 2.75) is 40.3 Å². The average Bonchev–Trinajstić information content (AvgIpc) is 2.74. The van der Waals surface area contributed by atoms with E-state index in [1.165, 1.54) is 16.1 Å². The highest BCUT2D eigenvalue weighted by Gasteiger charge is 2.19. The molecule has 32 heavy (non-hydrogen) atoms. The molecule has 0 bridgehead atoms. The van der Waals surface area contributed by atoms with Crippen molar-refractivity contribution >= 4 is 21.6 Å². The van der Waals surface area contributed by atoms with Crippen molar-refractivity contribution in [3.63, 3.8) is 0 Å². The van der Waals surface area contributed by atoms with Gasteiger partial charge in [-0.2, -0.15) is 0 Å². The lowest BCUT2D eigenvalue weighted by Crippen LogP contribution is -2.29. The molecule has 0 saturated heterocycles. The number of hydrogen-bond acceptors (Lipinski definition) is 3. The van der Waals surface area contributed by atoms with Crippen molar-refractivity contribution in [1.29, 1.82) is 0 Å². The van der Waals surface area contributed by atoms with Gasteiger partial charge in [0.2, 0.25) is 10.0 Å². The number of carbonyl (C=O) groups is 1. The van der Waals surface area contributed by atoms with Gasteiger partial charge in [-0.1, -0.05) is 48.0 Å². The number of anilines is 1. The average molecular weight is 451 g/mol. The van der Waals surface area contributed by atoms with Crippen LogP contribution in [0.1, 0.15) is 51.1 Å². The van der Waals surface area contributed by atoms with Gasteiger partial charge in [-0.3, -0.25) is 9.10 Å². The van der Waals surface area contributed by atoms with Gasteiger partial charge in [-0.25, -0.2) is 8.42 Å². The van der Waals surface area contributed by atoms with E-state index in [1.807, 2.05) is 70.2 Å². The van der Waals surface area contributed by atoms with Crippen LogP contribution in [0.15, 0.2) is 66.7 Å². The Morgan fingerprint density at radius 2 is 1.53 bits per heavy atom. The molecule has 168 valence electrons. The second kappa shape index (κ2) is 9.57. The van der Waals surface area contributed by atoms with Gasteiger partial charge in [0.05, 0.1) is 24.5 Å². The zero-order chi connectivity index (χ0) is 23.5. The summed E-state index contributed by atoms with van der Waals surface area (Å²) < 4.78 is 26.3. The Morgan fingerprint density at radius 3 is 2.09 bits per heavy atom. The van der Waals surface area contributed by atoms with Crippen molar-refractivity contribution in [1.82, 2.24) is 5.32 Å². The van der Waals surface area contributed by atoms with Crippen LogP contribution in [0.2, 0.25) is 0 Å². The third-order valence-corrected chi connectivity index (χ3v) is 6.79. The topological polar surface area (TPSA) is 66.5 Å². The van der Waals surface area contributed by atoms with Gasteiger partial charge in [0.1, 0.15) is 0 Å². The number of rotatable bonds is 7. The summed E-state index contributed by atoms with van der Waals surface area (Å²) in [6.45, 7) is 8.13. The highest BCUT2D eigenvalue weighted by molar-refractivity contribution is 7.92. The largest absolute Gasteiger partial charge is 0.346 e. The van der Waals surface area contributed by atoms with Crippen LogP contribution in [0, 0.1) is 20.8 Å². The molecule has 1 amide bonds. The van der Waals surface area contributed by atoms with Gasteiger partial charge in [0, 0.05) is 5.56 Å². The van der Waals surface area contributed by atoms with Gasteiger partial charge in [-0.05, 0) is 74.2 Å². The van der Waals surface area contributed by atoms with Gasteiger partial charge in [0.25, 0.3) is 5.91 Å². The molecule has 1 N–H and O–H groups in total. The molecule has 0 unspecified atom stereocenters. The third-order valence-electron chi connectivity index (χ3n) is 5.65. The highest BCUT2D eigenvalue weighted by Crippen LogP contribution is 2.24. The summed E-state index contributed by atoms with van der Waals surface area (Å²) in [6, 6.07) is 20.6. The van der Waals surface area contributed by atoms with Crippen LogP contribution in [0.25, 0.3) is 0 Å². The molecule has 0 aromatic heterocycles. The predicted octanol–water partition coefficient (Wildman–Crippen LogP) is 5.07. The molecular formula is C26H30N2O3S. The fourth-order valence-corrected chi connectivity index (χ4v) is 4.31. The second-order valence-electron chi connectivity index (χ2n) is 8.34. The quantitative estimate of drug-likeness (QED) is 0.547. The molecule has 0 spiro atoms. The van der Waals surface area contributed by atoms with Gasteiger partial charge in [0.15, 0.2) is 0 Å². The molecule has 0 aliphatic heterocycles. The minimum Gasteiger partial charge on any atom is -0.346 e. The highest BCUT2D eigenvalue weighted by atomic mass is 32.2. The standard InChI is InChI=1S/C26H30N2O3S/c1-18-6-11-23(12-7-18)21(4)27-26(29)24-13-9-22(10-14-24)17-28(32(5,30)31)25-15-8-19(2)20(3)16-25/h6-16,21H,17H2,1-5H3,(H,27,29)/t21-/m0/s1. The summed E-state index contributed by atoms with van der Waals surface area (Å²) in [5.74, 6) is -0.168. The second-order valence-corrected chi connectivity index (χ2v) is 10.2. The molecule has 5 nitrogen and oxygen atoms in total. The van der Waals surface area contributed by atoms with Crippen molar-refractivity contribution in [3.05, 3.63) is 100 Å². The van der Waals surface area contributed by atoms with Crippen LogP contribution >= 0.6 is 0 Å². The van der Waals surface area contributed by atoms with Crippen LogP contribution in [0.5, 0.6) is 0 Å². The van der Waals surface area contributed by atoms with E-state index in [0.29, 0.717) is 11.3 Å². The molecule has 0 fully saturated rings. The van der Waals surface area contributed by atoms with E-state index in [-0.39, 0.29) is 18.5 Å². The molecule has 3 aromatic rings. The SMILES string of the molecule is Cc1ccc([C@H](C)NC(=O)c2ccc(CN(c3ccc(C)c(C)c3)S(C)(=O)=O)cc2)cc1. The summed E-state index contributed by atoms with van der Waals surface area (Å²) in [4.78, 5) is 12.7. The molecule has 0 heterocycles. The van der Waals surface area contributed by atoms with Crippen LogP contribution in [0.4, 0.5) is 5.69 Å². The Bertz CT molecular complexity index is 1200. The Balaban J connectivity index is 1.74. The molecule has 1 atom stereocenters. The minimum absolute atomic E-state index is 0.117. The van der Waals surface area contributed by atoms with E-state index in [0.717, 1.165) is 22.3 Å². The number of nitrogens with zero attached hydrogens (tertiary/aromatic N) is 1. The molecule has 3 rings (SSSR count). The molecular weight excluding hydrogens is 420 g/mol. The van der Waals surface area contributed by atoms with E-state index in [2.05, 4.69) is 5.32 Å². The van der Waals surface area contributed by atoms with Gasteiger partial charge >= 0.3 is 0 Å². The number of aryl methyl sites for hydroxylation is 3. The van der Waals surface area contributed by atoms with E-state index >= 15 is 0 Å². The molecule has 0 saturated carbocycles. The Kier molecular flexibility index (Phi) is 7.04. The number of amides is 1. The van der Waals surface area contributed by atoms with Crippen LogP contribution < -0.4 is 9.62 Å². The number of carbonyl (C=O) groups excluding carboxylic acids is 1. The van der Waals surface area contributed by atoms with Gasteiger partial charge < -0.3 is 5.32 Å². The molecule has 0 aliphatic carbocycles. The van der Waals surface area contributed by atoms with Gasteiger partial charge in [-0.15, -0.1) is 0 Å². The Hall–Kier alpha value is -3.12. The van der Waals surface area contributed by atoms with Crippen molar-refractivity contribution in [2.24, 2.45) is 0 Å². The number of nitrogens with one attached hydrogen (secondary N) is 1. The van der Waals surface area contributed by atoms with E-state index in [4.69, 9.17) is 0 Å². The molecule has 6 heteroatoms. The first-order valence-corrected chi connectivity index (χ1v) is 12.4. The first kappa shape index (κ1) is 23.5. The monoisotopic (exact) mass is 450 g/mol. The summed E-state index contributed by atoms with van der Waals surface area (Å²) in [6.07, 6.45) is 1.20. The zero-order valence-corrected chi connectivity index (χ0v) is 20.0. The zero-order valence-electron chi connectivity index (χ0n) is 19.2. The Labute approximate surface area is 191 Å². The molecule has 3 aromatic carbocycles.